The molecule has 31 heavy (non-hydrogen) atoms. The molecule has 0 heterocycles. The number of carbonyl (C=O) groups is 1. The summed E-state index contributed by atoms with van der Waals surface area (Å²) in [5.74, 6) is -0.274. The first-order chi connectivity index (χ1) is 14.5. The summed E-state index contributed by atoms with van der Waals surface area (Å²) in [7, 11) is 0. The van der Waals surface area contributed by atoms with Crippen molar-refractivity contribution in [3.63, 3.8) is 0 Å². The highest BCUT2D eigenvalue weighted by Crippen LogP contribution is 2.47. The molecule has 1 aliphatic carbocycles. The van der Waals surface area contributed by atoms with Crippen LogP contribution in [0.15, 0.2) is 42.5 Å². The van der Waals surface area contributed by atoms with Crippen LogP contribution in [0.3, 0.4) is 0 Å². The number of fused-ring (bicyclic) bond motifs is 1. The van der Waals surface area contributed by atoms with Crippen LogP contribution in [0.2, 0.25) is 0 Å². The number of rotatable bonds is 5. The van der Waals surface area contributed by atoms with Crippen molar-refractivity contribution in [2.24, 2.45) is 5.41 Å². The predicted molar refractivity (Wildman–Crippen MR) is 131 cm³/mol. The van der Waals surface area contributed by atoms with Crippen molar-refractivity contribution in [2.75, 3.05) is 18.1 Å². The molecule has 3 nitrogen and oxygen atoms in total. The summed E-state index contributed by atoms with van der Waals surface area (Å²) in [5.41, 5.74) is 8.62. The van der Waals surface area contributed by atoms with Crippen LogP contribution in [0.1, 0.15) is 81.9 Å². The molecule has 3 rings (SSSR count). The molecule has 2 aromatic carbocycles. The molecule has 2 aromatic rings. The third-order valence-electron chi connectivity index (χ3n) is 6.28. The van der Waals surface area contributed by atoms with Crippen LogP contribution < -0.4 is 4.90 Å². The molecular formula is C28H37NO2. The van der Waals surface area contributed by atoms with E-state index in [1.807, 2.05) is 31.2 Å². The predicted octanol–water partition coefficient (Wildman–Crippen LogP) is 7.44. The second-order valence-electron chi connectivity index (χ2n) is 10.2. The maximum atomic E-state index is 12.0. The summed E-state index contributed by atoms with van der Waals surface area (Å²) >= 11 is 0. The Bertz CT molecular complexity index is 991. The fraction of sp³-hybridized carbons (Fsp3) is 0.464. The topological polar surface area (TPSA) is 29.5 Å². The molecule has 0 N–H and O–H groups in total. The molecule has 0 aromatic heterocycles. The van der Waals surface area contributed by atoms with Gasteiger partial charge in [-0.05, 0) is 90.6 Å². The van der Waals surface area contributed by atoms with Gasteiger partial charge in [-0.2, -0.15) is 0 Å². The number of aryl methyl sites for hydroxylation is 1. The molecule has 0 fully saturated rings. The summed E-state index contributed by atoms with van der Waals surface area (Å²) in [6.07, 6.45) is 3.50. The number of carbonyl (C=O) groups excluding carboxylic acids is 1. The van der Waals surface area contributed by atoms with Gasteiger partial charge in [0.25, 0.3) is 0 Å². The van der Waals surface area contributed by atoms with Gasteiger partial charge in [0, 0.05) is 17.9 Å². The van der Waals surface area contributed by atoms with E-state index < -0.39 is 0 Å². The van der Waals surface area contributed by atoms with Gasteiger partial charge in [-0.25, -0.2) is 4.79 Å². The van der Waals surface area contributed by atoms with Crippen molar-refractivity contribution in [3.8, 4) is 0 Å². The Hall–Kier alpha value is -2.55. The molecule has 3 heteroatoms. The number of esters is 1. The van der Waals surface area contributed by atoms with Crippen LogP contribution in [-0.2, 0) is 10.2 Å². The zero-order valence-corrected chi connectivity index (χ0v) is 20.4. The van der Waals surface area contributed by atoms with E-state index in [0.29, 0.717) is 12.2 Å². The average Bonchev–Trinajstić information content (AvgIpc) is 2.69. The Morgan fingerprint density at radius 1 is 1.10 bits per heavy atom. The summed E-state index contributed by atoms with van der Waals surface area (Å²) in [5, 5.41) is 0. The van der Waals surface area contributed by atoms with Crippen LogP contribution >= 0.6 is 0 Å². The van der Waals surface area contributed by atoms with Crippen molar-refractivity contribution in [1.82, 2.24) is 0 Å². The zero-order valence-electron chi connectivity index (χ0n) is 20.4. The van der Waals surface area contributed by atoms with Crippen LogP contribution in [0.25, 0.3) is 5.57 Å². The van der Waals surface area contributed by atoms with Gasteiger partial charge in [0.2, 0.25) is 0 Å². The number of hydrogen-bond acceptors (Lipinski definition) is 3. The van der Waals surface area contributed by atoms with Crippen molar-refractivity contribution < 1.29 is 9.53 Å². The number of hydrogen-bond donors (Lipinski definition) is 0. The molecule has 0 radical (unpaired) electrons. The highest BCUT2D eigenvalue weighted by Gasteiger charge is 2.33. The van der Waals surface area contributed by atoms with E-state index in [9.17, 15) is 4.79 Å². The van der Waals surface area contributed by atoms with Crippen molar-refractivity contribution in [2.45, 2.75) is 67.2 Å². The lowest BCUT2D eigenvalue weighted by atomic mass is 9.68. The van der Waals surface area contributed by atoms with Gasteiger partial charge in [0.05, 0.1) is 12.2 Å². The molecule has 0 saturated heterocycles. The Morgan fingerprint density at radius 3 is 2.29 bits per heavy atom. The number of ether oxygens (including phenoxy) is 1. The van der Waals surface area contributed by atoms with Gasteiger partial charge in [0.1, 0.15) is 0 Å². The lowest BCUT2D eigenvalue weighted by molar-refractivity contribution is 0.0526. The second kappa shape index (κ2) is 8.53. The normalized spacial score (nSPS) is 15.2. The van der Waals surface area contributed by atoms with E-state index >= 15 is 0 Å². The molecule has 0 atom stereocenters. The fourth-order valence-corrected chi connectivity index (χ4v) is 4.54. The largest absolute Gasteiger partial charge is 0.462 e. The molecule has 1 aliphatic rings. The van der Waals surface area contributed by atoms with Crippen molar-refractivity contribution >= 4 is 22.9 Å². The van der Waals surface area contributed by atoms with Gasteiger partial charge in [0.15, 0.2) is 0 Å². The minimum atomic E-state index is -0.274. The maximum Gasteiger partial charge on any atom is 0.338 e. The molecule has 0 aliphatic heterocycles. The Kier molecular flexibility index (Phi) is 6.36. The fourth-order valence-electron chi connectivity index (χ4n) is 4.54. The highest BCUT2D eigenvalue weighted by molar-refractivity contribution is 5.90. The molecular weight excluding hydrogens is 382 g/mol. The smallest absolute Gasteiger partial charge is 0.338 e. The minimum Gasteiger partial charge on any atom is -0.462 e. The Labute approximate surface area is 188 Å². The third kappa shape index (κ3) is 4.56. The molecule has 0 spiro atoms. The van der Waals surface area contributed by atoms with Crippen LogP contribution in [0.4, 0.5) is 11.4 Å². The molecule has 0 saturated carbocycles. The van der Waals surface area contributed by atoms with E-state index in [1.54, 1.807) is 0 Å². The van der Waals surface area contributed by atoms with Gasteiger partial charge < -0.3 is 9.64 Å². The zero-order chi connectivity index (χ0) is 23.0. The molecule has 0 unspecified atom stereocenters. The van der Waals surface area contributed by atoms with E-state index in [-0.39, 0.29) is 16.8 Å². The molecule has 0 bridgehead atoms. The van der Waals surface area contributed by atoms with Gasteiger partial charge in [-0.1, -0.05) is 46.8 Å². The number of benzene rings is 2. The summed E-state index contributed by atoms with van der Waals surface area (Å²) < 4.78 is 5.12. The van der Waals surface area contributed by atoms with Crippen molar-refractivity contribution in [3.05, 3.63) is 64.7 Å². The van der Waals surface area contributed by atoms with Gasteiger partial charge in [-0.3, -0.25) is 0 Å². The van der Waals surface area contributed by atoms with E-state index in [2.05, 4.69) is 71.6 Å². The first-order valence-corrected chi connectivity index (χ1v) is 11.4. The lowest BCUT2D eigenvalue weighted by Gasteiger charge is -2.38. The average molecular weight is 420 g/mol. The monoisotopic (exact) mass is 419 g/mol. The standard InChI is InChI=1S/C28H37NO2/c1-9-29(21-13-11-20(12-14-21)26(30)31-10-2)25-18-22-23(27(4,5)6)15-16-28(7,8)24(22)17-19(25)3/h11-15,17-18H,9-10,16H2,1-8H3. The third-order valence-corrected chi connectivity index (χ3v) is 6.28. The number of nitrogens with zero attached hydrogens (tertiary/aromatic N) is 1. The first kappa shape index (κ1) is 23.1. The summed E-state index contributed by atoms with van der Waals surface area (Å²) in [6, 6.07) is 12.5. The van der Waals surface area contributed by atoms with Crippen LogP contribution in [0, 0.1) is 12.3 Å². The summed E-state index contributed by atoms with van der Waals surface area (Å²) in [6.45, 7) is 19.0. The molecule has 166 valence electrons. The van der Waals surface area contributed by atoms with Crippen molar-refractivity contribution in [1.29, 1.82) is 0 Å². The maximum absolute atomic E-state index is 12.0. The van der Waals surface area contributed by atoms with Gasteiger partial charge in [-0.15, -0.1) is 0 Å². The minimum absolute atomic E-state index is 0.0934. The quantitative estimate of drug-likeness (QED) is 0.472. The second-order valence-corrected chi connectivity index (χ2v) is 10.2. The van der Waals surface area contributed by atoms with Crippen LogP contribution in [-0.4, -0.2) is 19.1 Å². The number of anilines is 2. The summed E-state index contributed by atoms with van der Waals surface area (Å²) in [4.78, 5) is 14.4. The highest BCUT2D eigenvalue weighted by atomic mass is 16.5. The van der Waals surface area contributed by atoms with E-state index in [4.69, 9.17) is 4.74 Å². The van der Waals surface area contributed by atoms with Crippen LogP contribution in [0.5, 0.6) is 0 Å². The van der Waals surface area contributed by atoms with E-state index in [1.165, 1.54) is 28.0 Å². The van der Waals surface area contributed by atoms with Gasteiger partial charge >= 0.3 is 5.97 Å². The first-order valence-electron chi connectivity index (χ1n) is 11.4. The SMILES string of the molecule is CCOC(=O)c1ccc(N(CC)c2cc3c(cc2C)C(C)(C)CC=C3C(C)(C)C)cc1. The molecule has 0 amide bonds. The lowest BCUT2D eigenvalue weighted by Crippen LogP contribution is -2.26. The number of allylic oxidation sites excluding steroid dienone is 2. The van der Waals surface area contributed by atoms with E-state index in [0.717, 1.165) is 18.7 Å². The Morgan fingerprint density at radius 2 is 1.74 bits per heavy atom. The Balaban J connectivity index is 2.08.